The molecule has 0 radical (unpaired) electrons. The Bertz CT molecular complexity index is 1210. The number of carbonyl (C=O) groups excluding carboxylic acids is 1. The monoisotopic (exact) mass is 455 g/mol. The van der Waals surface area contributed by atoms with Crippen LogP contribution in [-0.2, 0) is 21.4 Å². The zero-order valence-corrected chi connectivity index (χ0v) is 19.3. The van der Waals surface area contributed by atoms with E-state index in [0.717, 1.165) is 41.5 Å². The molecule has 8 heteroatoms. The Balaban J connectivity index is 1.49. The minimum absolute atomic E-state index is 0.115. The minimum Gasteiger partial charge on any atom is -0.497 e. The van der Waals surface area contributed by atoms with Gasteiger partial charge in [0.2, 0.25) is 15.9 Å². The predicted molar refractivity (Wildman–Crippen MR) is 124 cm³/mol. The van der Waals surface area contributed by atoms with E-state index in [1.165, 1.54) is 0 Å². The normalized spacial score (nSPS) is 16.1. The average molecular weight is 456 g/mol. The molecule has 0 unspecified atom stereocenters. The van der Waals surface area contributed by atoms with Crippen LogP contribution in [0.1, 0.15) is 37.8 Å². The van der Waals surface area contributed by atoms with Crippen LogP contribution in [0.2, 0.25) is 0 Å². The van der Waals surface area contributed by atoms with Crippen molar-refractivity contribution in [2.45, 2.75) is 43.7 Å². The number of ether oxygens (including phenoxy) is 1. The van der Waals surface area contributed by atoms with E-state index >= 15 is 0 Å². The van der Waals surface area contributed by atoms with Crippen LogP contribution in [0.25, 0.3) is 10.9 Å². The Morgan fingerprint density at radius 1 is 1.09 bits per heavy atom. The summed E-state index contributed by atoms with van der Waals surface area (Å²) in [4.78, 5) is 13.1. The summed E-state index contributed by atoms with van der Waals surface area (Å²) < 4.78 is 34.7. The fraction of sp³-hybridized carbons (Fsp3) is 0.375. The second-order valence-corrected chi connectivity index (χ2v) is 10.1. The van der Waals surface area contributed by atoms with Crippen LogP contribution in [0.4, 0.5) is 0 Å². The molecule has 0 aliphatic carbocycles. The highest BCUT2D eigenvalue weighted by atomic mass is 32.2. The van der Waals surface area contributed by atoms with Crippen molar-refractivity contribution in [3.63, 3.8) is 0 Å². The van der Waals surface area contributed by atoms with Gasteiger partial charge < -0.3 is 14.6 Å². The standard InChI is InChI=1S/C24H29N3O4S/c1-18(24(28)25-17-19-7-6-8-21(15-19)31-2)27-14-11-20-16-22(9-10-23(20)27)32(29,30)26-12-4-3-5-13-26/h6-11,14-16,18H,3-5,12-13,17H2,1-2H3,(H,25,28)/t18-/m1/s1. The van der Waals surface area contributed by atoms with Crippen LogP contribution in [0, 0.1) is 0 Å². The van der Waals surface area contributed by atoms with Gasteiger partial charge in [-0.25, -0.2) is 8.42 Å². The zero-order chi connectivity index (χ0) is 22.7. The lowest BCUT2D eigenvalue weighted by Crippen LogP contribution is -2.35. The lowest BCUT2D eigenvalue weighted by atomic mass is 10.2. The maximum Gasteiger partial charge on any atom is 0.243 e. The molecule has 1 saturated heterocycles. The van der Waals surface area contributed by atoms with E-state index in [-0.39, 0.29) is 5.91 Å². The molecular formula is C24H29N3O4S. The van der Waals surface area contributed by atoms with Gasteiger partial charge in [0.05, 0.1) is 12.0 Å². The van der Waals surface area contributed by atoms with Crippen LogP contribution in [0.15, 0.2) is 59.6 Å². The van der Waals surface area contributed by atoms with Gasteiger partial charge in [-0.1, -0.05) is 18.6 Å². The number of sulfonamides is 1. The third-order valence-corrected chi connectivity index (χ3v) is 7.94. The van der Waals surface area contributed by atoms with Gasteiger partial charge in [-0.05, 0) is 61.7 Å². The highest BCUT2D eigenvalue weighted by Gasteiger charge is 2.26. The van der Waals surface area contributed by atoms with Crippen LogP contribution >= 0.6 is 0 Å². The van der Waals surface area contributed by atoms with Gasteiger partial charge >= 0.3 is 0 Å². The molecule has 1 aliphatic rings. The number of nitrogens with one attached hydrogen (secondary N) is 1. The van der Waals surface area contributed by atoms with E-state index in [1.807, 2.05) is 48.0 Å². The van der Waals surface area contributed by atoms with Gasteiger partial charge in [-0.3, -0.25) is 4.79 Å². The average Bonchev–Trinajstić information content (AvgIpc) is 3.26. The Morgan fingerprint density at radius 3 is 2.62 bits per heavy atom. The number of methoxy groups -OCH3 is 1. The highest BCUT2D eigenvalue weighted by molar-refractivity contribution is 7.89. The number of nitrogens with zero attached hydrogens (tertiary/aromatic N) is 2. The summed E-state index contributed by atoms with van der Waals surface area (Å²) in [5, 5.41) is 3.77. The Kier molecular flexibility index (Phi) is 6.53. The van der Waals surface area contributed by atoms with Crippen molar-refractivity contribution in [2.24, 2.45) is 0 Å². The molecule has 1 N–H and O–H groups in total. The predicted octanol–water partition coefficient (Wildman–Crippen LogP) is 3.70. The van der Waals surface area contributed by atoms with Gasteiger partial charge in [0.15, 0.2) is 0 Å². The van der Waals surface area contributed by atoms with Gasteiger partial charge in [0.25, 0.3) is 0 Å². The largest absolute Gasteiger partial charge is 0.497 e. The maximum atomic E-state index is 13.0. The summed E-state index contributed by atoms with van der Waals surface area (Å²) in [6.07, 6.45) is 4.71. The fourth-order valence-corrected chi connectivity index (χ4v) is 5.69. The number of rotatable bonds is 7. The molecule has 1 amide bonds. The van der Waals surface area contributed by atoms with Crippen molar-refractivity contribution in [1.82, 2.24) is 14.2 Å². The van der Waals surface area contributed by atoms with E-state index in [0.29, 0.717) is 24.5 Å². The molecule has 0 saturated carbocycles. The smallest absolute Gasteiger partial charge is 0.243 e. The molecule has 1 atom stereocenters. The van der Waals surface area contributed by atoms with Crippen molar-refractivity contribution in [2.75, 3.05) is 20.2 Å². The van der Waals surface area contributed by atoms with Crippen LogP contribution in [0.3, 0.4) is 0 Å². The Labute approximate surface area is 189 Å². The first-order valence-electron chi connectivity index (χ1n) is 10.9. The number of amides is 1. The summed E-state index contributed by atoms with van der Waals surface area (Å²) in [7, 11) is -1.88. The minimum atomic E-state index is -3.49. The molecule has 0 bridgehead atoms. The number of piperidine rings is 1. The SMILES string of the molecule is COc1cccc(CNC(=O)[C@@H](C)n2ccc3cc(S(=O)(=O)N4CCCCC4)ccc32)c1. The maximum absolute atomic E-state index is 13.0. The zero-order valence-electron chi connectivity index (χ0n) is 18.5. The Hall–Kier alpha value is -2.84. The summed E-state index contributed by atoms with van der Waals surface area (Å²) in [5.41, 5.74) is 1.78. The molecule has 2 heterocycles. The van der Waals surface area contributed by atoms with Crippen molar-refractivity contribution in [1.29, 1.82) is 0 Å². The molecule has 32 heavy (non-hydrogen) atoms. The molecule has 1 fully saturated rings. The van der Waals surface area contributed by atoms with Gasteiger partial charge in [-0.2, -0.15) is 4.31 Å². The van der Waals surface area contributed by atoms with Crippen molar-refractivity contribution < 1.29 is 17.9 Å². The van der Waals surface area contributed by atoms with Crippen LogP contribution in [0.5, 0.6) is 5.75 Å². The molecule has 0 spiro atoms. The topological polar surface area (TPSA) is 80.6 Å². The lowest BCUT2D eigenvalue weighted by molar-refractivity contribution is -0.123. The number of benzene rings is 2. The first-order chi connectivity index (χ1) is 15.4. The van der Waals surface area contributed by atoms with Crippen molar-refractivity contribution in [3.05, 3.63) is 60.3 Å². The van der Waals surface area contributed by atoms with Gasteiger partial charge in [0.1, 0.15) is 11.8 Å². The molecular weight excluding hydrogens is 426 g/mol. The van der Waals surface area contributed by atoms with Gasteiger partial charge in [-0.15, -0.1) is 0 Å². The summed E-state index contributed by atoms with van der Waals surface area (Å²) in [5.74, 6) is 0.631. The van der Waals surface area contributed by atoms with E-state index < -0.39 is 16.1 Å². The summed E-state index contributed by atoms with van der Waals surface area (Å²) in [6, 6.07) is 14.1. The molecule has 3 aromatic rings. The fourth-order valence-electron chi connectivity index (χ4n) is 4.14. The van der Waals surface area contributed by atoms with E-state index in [1.54, 1.807) is 29.6 Å². The molecule has 1 aliphatic heterocycles. The number of hydrogen-bond acceptors (Lipinski definition) is 4. The third kappa shape index (κ3) is 4.52. The second-order valence-electron chi connectivity index (χ2n) is 8.15. The van der Waals surface area contributed by atoms with Crippen LogP contribution in [-0.4, -0.2) is 43.4 Å². The van der Waals surface area contributed by atoms with E-state index in [4.69, 9.17) is 4.74 Å². The molecule has 7 nitrogen and oxygen atoms in total. The van der Waals surface area contributed by atoms with Gasteiger partial charge in [0, 0.05) is 36.7 Å². The first kappa shape index (κ1) is 22.4. The number of carbonyl (C=O) groups is 1. The quantitative estimate of drug-likeness (QED) is 0.589. The van der Waals surface area contributed by atoms with Crippen molar-refractivity contribution >= 4 is 26.8 Å². The highest BCUT2D eigenvalue weighted by Crippen LogP contribution is 2.27. The van der Waals surface area contributed by atoms with E-state index in [9.17, 15) is 13.2 Å². The molecule has 170 valence electrons. The summed E-state index contributed by atoms with van der Waals surface area (Å²) in [6.45, 7) is 3.38. The lowest BCUT2D eigenvalue weighted by Gasteiger charge is -2.26. The molecule has 1 aromatic heterocycles. The van der Waals surface area contributed by atoms with E-state index in [2.05, 4.69) is 5.32 Å². The van der Waals surface area contributed by atoms with Crippen molar-refractivity contribution in [3.8, 4) is 5.75 Å². The third-order valence-electron chi connectivity index (χ3n) is 6.04. The first-order valence-corrected chi connectivity index (χ1v) is 12.4. The second kappa shape index (κ2) is 9.34. The molecule has 2 aromatic carbocycles. The summed E-state index contributed by atoms with van der Waals surface area (Å²) >= 11 is 0. The number of fused-ring (bicyclic) bond motifs is 1. The van der Waals surface area contributed by atoms with Crippen LogP contribution < -0.4 is 10.1 Å². The Morgan fingerprint density at radius 2 is 1.88 bits per heavy atom. The number of aromatic nitrogens is 1. The number of hydrogen-bond donors (Lipinski definition) is 1. The molecule has 4 rings (SSSR count).